The smallest absolute Gasteiger partial charge is 0.326 e. The number of nitrogens with two attached hydrogens (primary N) is 2. The van der Waals surface area contributed by atoms with E-state index in [2.05, 4.69) is 20.9 Å². The van der Waals surface area contributed by atoms with Crippen molar-refractivity contribution >= 4 is 40.6 Å². The van der Waals surface area contributed by atoms with Crippen molar-refractivity contribution in [1.29, 1.82) is 0 Å². The van der Waals surface area contributed by atoms with Crippen molar-refractivity contribution in [1.82, 2.24) is 20.9 Å². The molecule has 0 spiro atoms. The summed E-state index contributed by atoms with van der Waals surface area (Å²) >= 11 is 0. The maximum atomic E-state index is 13.4. The molecule has 1 aromatic heterocycles. The fourth-order valence-corrected chi connectivity index (χ4v) is 4.65. The Morgan fingerprint density at radius 1 is 0.767 bits per heavy atom. The van der Waals surface area contributed by atoms with Crippen LogP contribution in [0.2, 0.25) is 0 Å². The van der Waals surface area contributed by atoms with Gasteiger partial charge in [0, 0.05) is 23.5 Å². The summed E-state index contributed by atoms with van der Waals surface area (Å²) in [5.74, 6) is -5.11. The van der Waals surface area contributed by atoms with Crippen LogP contribution >= 0.6 is 0 Å². The van der Waals surface area contributed by atoms with E-state index in [4.69, 9.17) is 11.5 Å². The summed E-state index contributed by atoms with van der Waals surface area (Å²) < 4.78 is 0. The molecule has 1 heterocycles. The van der Waals surface area contributed by atoms with Crippen LogP contribution in [0.5, 0.6) is 0 Å². The van der Waals surface area contributed by atoms with Gasteiger partial charge in [0.1, 0.15) is 18.1 Å². The number of rotatable bonds is 17. The van der Waals surface area contributed by atoms with Gasteiger partial charge in [-0.1, -0.05) is 48.5 Å². The Balaban J connectivity index is 1.75. The zero-order chi connectivity index (χ0) is 31.4. The number of benzene rings is 2. The van der Waals surface area contributed by atoms with Crippen LogP contribution in [0.3, 0.4) is 0 Å². The number of amides is 3. The van der Waals surface area contributed by atoms with Crippen molar-refractivity contribution < 1.29 is 34.2 Å². The number of hydrogen-bond donors (Lipinski definition) is 8. The third-order valence-corrected chi connectivity index (χ3v) is 6.94. The molecule has 2 aromatic carbocycles. The fraction of sp³-hybridized carbons (Fsp3) is 0.367. The van der Waals surface area contributed by atoms with E-state index in [1.54, 1.807) is 36.5 Å². The van der Waals surface area contributed by atoms with Crippen LogP contribution in [0, 0.1) is 0 Å². The summed E-state index contributed by atoms with van der Waals surface area (Å²) in [5.41, 5.74) is 14.1. The lowest BCUT2D eigenvalue weighted by molar-refractivity contribution is -0.143. The molecule has 0 aliphatic heterocycles. The topological polar surface area (TPSA) is 230 Å². The predicted molar refractivity (Wildman–Crippen MR) is 159 cm³/mol. The zero-order valence-electron chi connectivity index (χ0n) is 23.6. The van der Waals surface area contributed by atoms with E-state index >= 15 is 0 Å². The highest BCUT2D eigenvalue weighted by Crippen LogP contribution is 2.19. The molecule has 4 atom stereocenters. The number of carboxylic acid groups (broad SMARTS) is 2. The molecule has 43 heavy (non-hydrogen) atoms. The highest BCUT2D eigenvalue weighted by atomic mass is 16.4. The standard InChI is InChI=1S/C30H38N6O7/c31-13-7-6-12-23(30(42)43)34-29(41)25(16-26(37)38)36-28(40)24(14-18-8-2-1-3-9-18)35-27(39)21(32)15-19-17-33-22-11-5-4-10-20(19)22/h1-5,8-11,17,21,23-25,33H,6-7,12-16,31-32H2,(H,34,41)(H,35,39)(H,36,40)(H,37,38)(H,42,43). The zero-order valence-corrected chi connectivity index (χ0v) is 23.6. The number of aromatic amines is 1. The first-order valence-corrected chi connectivity index (χ1v) is 14.0. The van der Waals surface area contributed by atoms with Crippen LogP contribution in [-0.4, -0.2) is 75.6 Å². The summed E-state index contributed by atoms with van der Waals surface area (Å²) in [5, 5.41) is 27.2. The number of hydrogen-bond acceptors (Lipinski definition) is 7. The number of nitrogens with one attached hydrogen (secondary N) is 4. The maximum Gasteiger partial charge on any atom is 0.326 e. The van der Waals surface area contributed by atoms with E-state index in [-0.39, 0.29) is 19.3 Å². The molecule has 13 heteroatoms. The molecule has 0 aliphatic carbocycles. The summed E-state index contributed by atoms with van der Waals surface area (Å²) in [6, 6.07) is 11.2. The van der Waals surface area contributed by atoms with Gasteiger partial charge in [-0.05, 0) is 49.4 Å². The van der Waals surface area contributed by atoms with Crippen molar-refractivity contribution in [2.75, 3.05) is 6.54 Å². The second-order valence-corrected chi connectivity index (χ2v) is 10.3. The molecule has 0 saturated carbocycles. The molecule has 230 valence electrons. The summed E-state index contributed by atoms with van der Waals surface area (Å²) in [7, 11) is 0. The van der Waals surface area contributed by atoms with Gasteiger partial charge in [0.05, 0.1) is 12.5 Å². The summed E-state index contributed by atoms with van der Waals surface area (Å²) in [6.45, 7) is 0.345. The fourth-order valence-electron chi connectivity index (χ4n) is 4.65. The molecule has 0 bridgehead atoms. The van der Waals surface area contributed by atoms with Crippen molar-refractivity contribution in [3.05, 3.63) is 71.9 Å². The first kappa shape index (κ1) is 32.8. The second kappa shape index (κ2) is 16.0. The second-order valence-electron chi connectivity index (χ2n) is 10.3. The number of carbonyl (C=O) groups excluding carboxylic acids is 3. The predicted octanol–water partition coefficient (Wildman–Crippen LogP) is 0.423. The lowest BCUT2D eigenvalue weighted by atomic mass is 10.0. The van der Waals surface area contributed by atoms with Crippen LogP contribution in [0.15, 0.2) is 60.8 Å². The van der Waals surface area contributed by atoms with Gasteiger partial charge in [-0.3, -0.25) is 19.2 Å². The van der Waals surface area contributed by atoms with Gasteiger partial charge in [-0.25, -0.2) is 4.79 Å². The maximum absolute atomic E-state index is 13.4. The first-order chi connectivity index (χ1) is 20.6. The minimum absolute atomic E-state index is 0.0243. The van der Waals surface area contributed by atoms with Crippen LogP contribution in [-0.2, 0) is 36.8 Å². The molecule has 3 rings (SSSR count). The number of carbonyl (C=O) groups is 5. The number of H-pyrrole nitrogens is 1. The van der Waals surface area contributed by atoms with E-state index in [0.717, 1.165) is 16.5 Å². The normalized spacial score (nSPS) is 13.8. The number of aromatic nitrogens is 1. The van der Waals surface area contributed by atoms with Gasteiger partial charge in [0.2, 0.25) is 17.7 Å². The Morgan fingerprint density at radius 3 is 2.07 bits per heavy atom. The third-order valence-electron chi connectivity index (χ3n) is 6.94. The van der Waals surface area contributed by atoms with Crippen LogP contribution < -0.4 is 27.4 Å². The van der Waals surface area contributed by atoms with Crippen LogP contribution in [0.1, 0.15) is 36.8 Å². The Hall–Kier alpha value is -4.75. The Morgan fingerprint density at radius 2 is 1.40 bits per heavy atom. The first-order valence-electron chi connectivity index (χ1n) is 14.0. The molecule has 0 aliphatic rings. The summed E-state index contributed by atoms with van der Waals surface area (Å²) in [6.07, 6.45) is 2.20. The molecular formula is C30H38N6O7. The monoisotopic (exact) mass is 594 g/mol. The highest BCUT2D eigenvalue weighted by molar-refractivity contribution is 5.96. The molecule has 10 N–H and O–H groups in total. The number of unbranched alkanes of at least 4 members (excludes halogenated alkanes) is 1. The van der Waals surface area contributed by atoms with Crippen molar-refractivity contribution in [3.63, 3.8) is 0 Å². The Bertz CT molecular complexity index is 1410. The van der Waals surface area contributed by atoms with Gasteiger partial charge in [0.25, 0.3) is 0 Å². The molecule has 13 nitrogen and oxygen atoms in total. The average molecular weight is 595 g/mol. The van der Waals surface area contributed by atoms with Crippen molar-refractivity contribution in [2.24, 2.45) is 11.5 Å². The molecule has 3 aromatic rings. The van der Waals surface area contributed by atoms with E-state index in [1.165, 1.54) is 0 Å². The van der Waals surface area contributed by atoms with E-state index in [0.29, 0.717) is 24.9 Å². The van der Waals surface area contributed by atoms with Crippen LogP contribution in [0.25, 0.3) is 10.9 Å². The van der Waals surface area contributed by atoms with E-state index < -0.39 is 60.2 Å². The molecule has 4 unspecified atom stereocenters. The molecule has 0 radical (unpaired) electrons. The molecule has 0 fully saturated rings. The minimum atomic E-state index is -1.60. The van der Waals surface area contributed by atoms with Gasteiger partial charge < -0.3 is 42.6 Å². The number of aliphatic carboxylic acids is 2. The van der Waals surface area contributed by atoms with Gasteiger partial charge in [-0.15, -0.1) is 0 Å². The quantitative estimate of drug-likeness (QED) is 0.101. The minimum Gasteiger partial charge on any atom is -0.481 e. The molecule has 0 saturated heterocycles. The average Bonchev–Trinajstić information content (AvgIpc) is 3.38. The molecule has 3 amide bonds. The Kier molecular flexibility index (Phi) is 12.2. The SMILES string of the molecule is NCCCCC(NC(=O)C(CC(=O)O)NC(=O)C(Cc1ccccc1)NC(=O)C(N)Cc1c[nH]c2ccccc12)C(=O)O. The highest BCUT2D eigenvalue weighted by Gasteiger charge is 2.32. The van der Waals surface area contributed by atoms with Crippen LogP contribution in [0.4, 0.5) is 0 Å². The summed E-state index contributed by atoms with van der Waals surface area (Å²) in [4.78, 5) is 65.9. The molecular weight excluding hydrogens is 556 g/mol. The lowest BCUT2D eigenvalue weighted by Crippen LogP contribution is -2.58. The number of para-hydroxylation sites is 1. The number of carboxylic acids is 2. The van der Waals surface area contributed by atoms with Gasteiger partial charge >= 0.3 is 11.9 Å². The van der Waals surface area contributed by atoms with Crippen molar-refractivity contribution in [3.8, 4) is 0 Å². The largest absolute Gasteiger partial charge is 0.481 e. The lowest BCUT2D eigenvalue weighted by Gasteiger charge is -2.25. The van der Waals surface area contributed by atoms with Gasteiger partial charge in [0.15, 0.2) is 0 Å². The van der Waals surface area contributed by atoms with Gasteiger partial charge in [-0.2, -0.15) is 0 Å². The Labute approximate surface area is 248 Å². The van der Waals surface area contributed by atoms with Crippen molar-refractivity contribution in [2.45, 2.75) is 62.7 Å². The van der Waals surface area contributed by atoms with E-state index in [1.807, 2.05) is 24.3 Å². The number of fused-ring (bicyclic) bond motifs is 1. The third kappa shape index (κ3) is 9.94. The van der Waals surface area contributed by atoms with E-state index in [9.17, 15) is 34.2 Å².